The Morgan fingerprint density at radius 2 is 1.43 bits per heavy atom. The fourth-order valence-electron chi connectivity index (χ4n) is 2.89. The Labute approximate surface area is 184 Å². The van der Waals surface area contributed by atoms with Gasteiger partial charge < -0.3 is 4.74 Å². The Kier molecular flexibility index (Phi) is 8.03. The monoisotopic (exact) mass is 466 g/mol. The van der Waals surface area contributed by atoms with Crippen molar-refractivity contribution in [1.29, 1.82) is 0 Å². The zero-order valence-electron chi connectivity index (χ0n) is 16.4. The SMILES string of the molecule is O=C(CCc1ccccc1)NNC(=O)c1cc(Br)ccc1OCCc1ccccc1. The van der Waals surface area contributed by atoms with Crippen LogP contribution in [0, 0.1) is 0 Å². The minimum absolute atomic E-state index is 0.256. The number of benzene rings is 3. The summed E-state index contributed by atoms with van der Waals surface area (Å²) < 4.78 is 6.58. The van der Waals surface area contributed by atoms with Crippen molar-refractivity contribution >= 4 is 27.7 Å². The summed E-state index contributed by atoms with van der Waals surface area (Å²) in [5.74, 6) is -0.224. The average molecular weight is 467 g/mol. The summed E-state index contributed by atoms with van der Waals surface area (Å²) in [5, 5.41) is 0. The number of hydrogen-bond acceptors (Lipinski definition) is 3. The summed E-state index contributed by atoms with van der Waals surface area (Å²) in [6.07, 6.45) is 1.62. The maximum absolute atomic E-state index is 12.6. The van der Waals surface area contributed by atoms with Crippen molar-refractivity contribution in [3.63, 3.8) is 0 Å². The molecule has 0 saturated carbocycles. The standard InChI is InChI=1S/C24H23BrN2O3/c25-20-12-13-22(30-16-15-19-9-5-2-6-10-19)21(17-20)24(29)27-26-23(28)14-11-18-7-3-1-4-8-18/h1-10,12-13,17H,11,14-16H2,(H,26,28)(H,27,29). The van der Waals surface area contributed by atoms with Crippen molar-refractivity contribution in [2.45, 2.75) is 19.3 Å². The topological polar surface area (TPSA) is 67.4 Å². The molecule has 3 rings (SSSR count). The highest BCUT2D eigenvalue weighted by Gasteiger charge is 2.14. The van der Waals surface area contributed by atoms with E-state index in [1.165, 1.54) is 0 Å². The molecule has 0 aliphatic heterocycles. The quantitative estimate of drug-likeness (QED) is 0.481. The molecule has 0 heterocycles. The summed E-state index contributed by atoms with van der Waals surface area (Å²) in [5.41, 5.74) is 7.52. The van der Waals surface area contributed by atoms with Gasteiger partial charge in [-0.3, -0.25) is 20.4 Å². The smallest absolute Gasteiger partial charge is 0.273 e. The van der Waals surface area contributed by atoms with E-state index in [9.17, 15) is 9.59 Å². The van der Waals surface area contributed by atoms with Crippen LogP contribution in [0.3, 0.4) is 0 Å². The molecule has 0 spiro atoms. The molecule has 0 radical (unpaired) electrons. The van der Waals surface area contributed by atoms with Crippen LogP contribution < -0.4 is 15.6 Å². The first-order valence-electron chi connectivity index (χ1n) is 9.71. The molecule has 0 saturated heterocycles. The van der Waals surface area contributed by atoms with E-state index >= 15 is 0 Å². The number of ether oxygens (including phenoxy) is 1. The first-order chi connectivity index (χ1) is 14.6. The number of rotatable bonds is 8. The van der Waals surface area contributed by atoms with Gasteiger partial charge in [0.15, 0.2) is 0 Å². The fraction of sp³-hybridized carbons (Fsp3) is 0.167. The van der Waals surface area contributed by atoms with Crippen LogP contribution in [0.2, 0.25) is 0 Å². The molecule has 30 heavy (non-hydrogen) atoms. The van der Waals surface area contributed by atoms with Crippen LogP contribution in [0.5, 0.6) is 5.75 Å². The molecule has 2 N–H and O–H groups in total. The van der Waals surface area contributed by atoms with Gasteiger partial charge in [-0.15, -0.1) is 0 Å². The van der Waals surface area contributed by atoms with Crippen molar-refractivity contribution in [3.8, 4) is 5.75 Å². The predicted octanol–water partition coefficient (Wildman–Crippen LogP) is 4.46. The number of hydrogen-bond donors (Lipinski definition) is 2. The largest absolute Gasteiger partial charge is 0.492 e. The minimum atomic E-state index is -0.431. The summed E-state index contributed by atoms with van der Waals surface area (Å²) in [6.45, 7) is 0.440. The molecule has 2 amide bonds. The number of nitrogens with one attached hydrogen (secondary N) is 2. The van der Waals surface area contributed by atoms with Crippen LogP contribution in [0.25, 0.3) is 0 Å². The van der Waals surface area contributed by atoms with Gasteiger partial charge >= 0.3 is 0 Å². The summed E-state index contributed by atoms with van der Waals surface area (Å²) in [6, 6.07) is 24.9. The zero-order chi connectivity index (χ0) is 21.2. The highest BCUT2D eigenvalue weighted by Crippen LogP contribution is 2.23. The molecule has 0 aromatic heterocycles. The van der Waals surface area contributed by atoms with Crippen molar-refractivity contribution in [3.05, 3.63) is 100 Å². The van der Waals surface area contributed by atoms with Gasteiger partial charge in [-0.2, -0.15) is 0 Å². The lowest BCUT2D eigenvalue weighted by Gasteiger charge is -2.13. The first-order valence-corrected chi connectivity index (χ1v) is 10.5. The molecular weight excluding hydrogens is 444 g/mol. The van der Waals surface area contributed by atoms with Crippen LogP contribution >= 0.6 is 15.9 Å². The maximum Gasteiger partial charge on any atom is 0.273 e. The Morgan fingerprint density at radius 3 is 2.10 bits per heavy atom. The molecule has 5 nitrogen and oxygen atoms in total. The van der Waals surface area contributed by atoms with E-state index in [0.29, 0.717) is 24.3 Å². The van der Waals surface area contributed by atoms with E-state index in [1.807, 2.05) is 66.7 Å². The van der Waals surface area contributed by atoms with Crippen molar-refractivity contribution < 1.29 is 14.3 Å². The molecule has 0 fully saturated rings. The number of hydrazine groups is 1. The van der Waals surface area contributed by atoms with Gasteiger partial charge in [0.05, 0.1) is 12.2 Å². The predicted molar refractivity (Wildman–Crippen MR) is 120 cm³/mol. The molecule has 154 valence electrons. The van der Waals surface area contributed by atoms with Crippen molar-refractivity contribution in [1.82, 2.24) is 10.9 Å². The van der Waals surface area contributed by atoms with Crippen LogP contribution in [-0.4, -0.2) is 18.4 Å². The highest BCUT2D eigenvalue weighted by atomic mass is 79.9. The van der Waals surface area contributed by atoms with E-state index in [1.54, 1.807) is 12.1 Å². The van der Waals surface area contributed by atoms with E-state index in [4.69, 9.17) is 4.74 Å². The maximum atomic E-state index is 12.6. The van der Waals surface area contributed by atoms with Crippen LogP contribution in [0.15, 0.2) is 83.3 Å². The lowest BCUT2D eigenvalue weighted by atomic mass is 10.1. The van der Waals surface area contributed by atoms with Crippen LogP contribution in [0.4, 0.5) is 0 Å². The molecule has 6 heteroatoms. The lowest BCUT2D eigenvalue weighted by Crippen LogP contribution is -2.41. The number of aryl methyl sites for hydroxylation is 1. The summed E-state index contributed by atoms with van der Waals surface area (Å²) in [7, 11) is 0. The molecule has 0 aliphatic carbocycles. The Balaban J connectivity index is 1.52. The summed E-state index contributed by atoms with van der Waals surface area (Å²) in [4.78, 5) is 24.7. The first kappa shape index (κ1) is 21.6. The van der Waals surface area contributed by atoms with Crippen molar-refractivity contribution in [2.75, 3.05) is 6.61 Å². The Hall–Kier alpha value is -3.12. The van der Waals surface area contributed by atoms with Gasteiger partial charge in [-0.1, -0.05) is 76.6 Å². The molecule has 3 aromatic carbocycles. The third-order valence-electron chi connectivity index (χ3n) is 4.48. The number of halogens is 1. The Morgan fingerprint density at radius 1 is 0.800 bits per heavy atom. The van der Waals surface area contributed by atoms with Gasteiger partial charge in [-0.25, -0.2) is 0 Å². The van der Waals surface area contributed by atoms with Gasteiger partial charge in [0.25, 0.3) is 5.91 Å². The molecule has 3 aromatic rings. The summed E-state index contributed by atoms with van der Waals surface area (Å²) >= 11 is 3.38. The zero-order valence-corrected chi connectivity index (χ0v) is 18.0. The molecule has 0 atom stereocenters. The average Bonchev–Trinajstić information content (AvgIpc) is 2.78. The lowest BCUT2D eigenvalue weighted by molar-refractivity contribution is -0.121. The Bertz CT molecular complexity index is 978. The number of carbonyl (C=O) groups is 2. The van der Waals surface area contributed by atoms with E-state index in [2.05, 4.69) is 26.8 Å². The molecule has 0 aliphatic rings. The third-order valence-corrected chi connectivity index (χ3v) is 4.97. The van der Waals surface area contributed by atoms with E-state index < -0.39 is 5.91 Å². The third kappa shape index (κ3) is 6.74. The van der Waals surface area contributed by atoms with Crippen LogP contribution in [-0.2, 0) is 17.6 Å². The molecular formula is C24H23BrN2O3. The second-order valence-electron chi connectivity index (χ2n) is 6.71. The number of carbonyl (C=O) groups excluding carboxylic acids is 2. The van der Waals surface area contributed by atoms with E-state index in [0.717, 1.165) is 22.0 Å². The highest BCUT2D eigenvalue weighted by molar-refractivity contribution is 9.10. The van der Waals surface area contributed by atoms with Crippen molar-refractivity contribution in [2.24, 2.45) is 0 Å². The van der Waals surface area contributed by atoms with Gasteiger partial charge in [0, 0.05) is 17.3 Å². The second-order valence-corrected chi connectivity index (χ2v) is 7.63. The fourth-order valence-corrected chi connectivity index (χ4v) is 3.25. The van der Waals surface area contributed by atoms with Gasteiger partial charge in [0.1, 0.15) is 5.75 Å². The molecule has 0 unspecified atom stereocenters. The second kappa shape index (κ2) is 11.2. The van der Waals surface area contributed by atoms with Gasteiger partial charge in [-0.05, 0) is 35.7 Å². The number of amides is 2. The normalized spacial score (nSPS) is 10.3. The van der Waals surface area contributed by atoms with Gasteiger partial charge in [0.2, 0.25) is 5.91 Å². The van der Waals surface area contributed by atoms with E-state index in [-0.39, 0.29) is 12.3 Å². The molecule has 0 bridgehead atoms. The minimum Gasteiger partial charge on any atom is -0.492 e. The van der Waals surface area contributed by atoms with Crippen LogP contribution in [0.1, 0.15) is 27.9 Å².